The minimum absolute atomic E-state index is 0.112. The summed E-state index contributed by atoms with van der Waals surface area (Å²) in [5, 5.41) is 2.78. The van der Waals surface area contributed by atoms with Crippen molar-refractivity contribution < 1.29 is 27.5 Å². The lowest BCUT2D eigenvalue weighted by molar-refractivity contribution is -0.118. The Labute approximate surface area is 190 Å². The molecule has 8 heteroatoms. The van der Waals surface area contributed by atoms with Crippen molar-refractivity contribution in [2.45, 2.75) is 37.4 Å². The van der Waals surface area contributed by atoms with Gasteiger partial charge in [-0.25, -0.2) is 13.2 Å². The summed E-state index contributed by atoms with van der Waals surface area (Å²) in [6.07, 6.45) is 5.65. The molecule has 0 bridgehead atoms. The molecular weight excluding hydrogens is 433 g/mol. The highest BCUT2D eigenvalue weighted by Crippen LogP contribution is 2.39. The third kappa shape index (κ3) is 5.63. The van der Waals surface area contributed by atoms with Gasteiger partial charge in [-0.05, 0) is 73.7 Å². The molecule has 174 valence electrons. The van der Waals surface area contributed by atoms with E-state index >= 15 is 0 Å². The van der Waals surface area contributed by atoms with Gasteiger partial charge >= 0.3 is 0 Å². The van der Waals surface area contributed by atoms with Gasteiger partial charge in [0.05, 0.1) is 11.7 Å². The maximum absolute atomic E-state index is 13.2. The third-order valence-electron chi connectivity index (χ3n) is 6.27. The zero-order chi connectivity index (χ0) is 23.4. The maximum atomic E-state index is 13.2. The van der Waals surface area contributed by atoms with Crippen LogP contribution in [0.25, 0.3) is 6.08 Å². The fourth-order valence-corrected chi connectivity index (χ4v) is 4.36. The van der Waals surface area contributed by atoms with E-state index in [1.54, 1.807) is 4.90 Å². The van der Waals surface area contributed by atoms with Gasteiger partial charge in [0.2, 0.25) is 5.91 Å². The first-order valence-corrected chi connectivity index (χ1v) is 11.0. The minimum atomic E-state index is -0.965. The van der Waals surface area contributed by atoms with Crippen LogP contribution in [0.3, 0.4) is 0 Å². The van der Waals surface area contributed by atoms with Gasteiger partial charge < -0.3 is 15.0 Å². The minimum Gasteiger partial charge on any atom is -0.370 e. The molecule has 0 aliphatic carbocycles. The summed E-state index contributed by atoms with van der Waals surface area (Å²) in [7, 11) is 0. The summed E-state index contributed by atoms with van der Waals surface area (Å²) in [4.78, 5) is 26.5. The van der Waals surface area contributed by atoms with E-state index in [0.717, 1.165) is 25.0 Å². The molecule has 0 saturated carbocycles. The molecule has 2 aliphatic heterocycles. The second-order valence-electron chi connectivity index (χ2n) is 8.51. The molecule has 2 heterocycles. The van der Waals surface area contributed by atoms with E-state index < -0.39 is 11.6 Å². The van der Waals surface area contributed by atoms with Crippen LogP contribution >= 0.6 is 0 Å². The van der Waals surface area contributed by atoms with Crippen LogP contribution in [0.4, 0.5) is 13.2 Å². The molecule has 2 aromatic carbocycles. The van der Waals surface area contributed by atoms with Crippen LogP contribution in [0.2, 0.25) is 0 Å². The Hall–Kier alpha value is -3.13. The molecule has 1 unspecified atom stereocenters. The van der Waals surface area contributed by atoms with Crippen molar-refractivity contribution in [2.75, 3.05) is 19.6 Å². The van der Waals surface area contributed by atoms with Crippen molar-refractivity contribution in [3.63, 3.8) is 0 Å². The number of hydrogen-bond donors (Lipinski definition) is 1. The molecule has 0 aromatic heterocycles. The van der Waals surface area contributed by atoms with E-state index in [1.165, 1.54) is 42.5 Å². The normalized spacial score (nSPS) is 19.8. The van der Waals surface area contributed by atoms with Gasteiger partial charge in [-0.1, -0.05) is 6.07 Å². The van der Waals surface area contributed by atoms with E-state index in [1.807, 2.05) is 0 Å². The van der Waals surface area contributed by atoms with Crippen molar-refractivity contribution in [3.05, 3.63) is 77.1 Å². The molecule has 1 spiro atoms. The topological polar surface area (TPSA) is 58.6 Å². The van der Waals surface area contributed by atoms with Crippen molar-refractivity contribution in [3.8, 4) is 0 Å². The SMILES string of the molecule is O=C(C=Cc1ccc(F)c(F)c1)NCC1CCC2(CCN(C(=O)c3ccc(F)cc3)CC2)O1. The lowest BCUT2D eigenvalue weighted by Crippen LogP contribution is -2.47. The molecule has 2 fully saturated rings. The van der Waals surface area contributed by atoms with Gasteiger partial charge in [-0.15, -0.1) is 0 Å². The molecule has 2 amide bonds. The average molecular weight is 458 g/mol. The van der Waals surface area contributed by atoms with Crippen molar-refractivity contribution in [1.82, 2.24) is 10.2 Å². The molecule has 1 N–H and O–H groups in total. The van der Waals surface area contributed by atoms with Gasteiger partial charge in [0.25, 0.3) is 5.91 Å². The van der Waals surface area contributed by atoms with Crippen LogP contribution in [0.15, 0.2) is 48.5 Å². The smallest absolute Gasteiger partial charge is 0.253 e. The second-order valence-corrected chi connectivity index (χ2v) is 8.51. The quantitative estimate of drug-likeness (QED) is 0.687. The largest absolute Gasteiger partial charge is 0.370 e. The van der Waals surface area contributed by atoms with Gasteiger partial charge in [0, 0.05) is 31.3 Å². The lowest BCUT2D eigenvalue weighted by Gasteiger charge is -2.39. The number of rotatable bonds is 5. The Morgan fingerprint density at radius 2 is 1.76 bits per heavy atom. The number of carbonyl (C=O) groups excluding carboxylic acids is 2. The first-order valence-electron chi connectivity index (χ1n) is 11.0. The molecule has 33 heavy (non-hydrogen) atoms. The number of carbonyl (C=O) groups is 2. The molecule has 1 atom stereocenters. The summed E-state index contributed by atoms with van der Waals surface area (Å²) >= 11 is 0. The van der Waals surface area contributed by atoms with E-state index in [0.29, 0.717) is 43.6 Å². The first-order chi connectivity index (χ1) is 15.8. The number of ether oxygens (including phenoxy) is 1. The van der Waals surface area contributed by atoms with Gasteiger partial charge in [0.15, 0.2) is 11.6 Å². The number of hydrogen-bond acceptors (Lipinski definition) is 3. The highest BCUT2D eigenvalue weighted by Gasteiger charge is 2.43. The van der Waals surface area contributed by atoms with E-state index in [9.17, 15) is 22.8 Å². The molecule has 5 nitrogen and oxygen atoms in total. The highest BCUT2D eigenvalue weighted by molar-refractivity contribution is 5.94. The lowest BCUT2D eigenvalue weighted by atomic mass is 9.88. The van der Waals surface area contributed by atoms with Crippen LogP contribution in [0.1, 0.15) is 41.6 Å². The Kier molecular flexibility index (Phi) is 6.83. The Morgan fingerprint density at radius 1 is 1.03 bits per heavy atom. The molecule has 2 aromatic rings. The van der Waals surface area contributed by atoms with E-state index in [4.69, 9.17) is 4.74 Å². The molecular formula is C25H25F3N2O3. The Balaban J connectivity index is 1.23. The van der Waals surface area contributed by atoms with E-state index in [2.05, 4.69) is 5.32 Å². The molecule has 0 radical (unpaired) electrons. The number of halogens is 3. The Morgan fingerprint density at radius 3 is 2.45 bits per heavy atom. The predicted molar refractivity (Wildman–Crippen MR) is 117 cm³/mol. The standard InChI is InChI=1S/C25H25F3N2O3/c26-19-5-3-18(4-6-19)24(32)30-13-11-25(12-14-30)10-9-20(33-25)16-29-23(31)8-2-17-1-7-21(27)22(28)15-17/h1-8,15,20H,9-14,16H2,(H,29,31). The van der Waals surface area contributed by atoms with Crippen LogP contribution in [0.5, 0.6) is 0 Å². The van der Waals surface area contributed by atoms with E-state index in [-0.39, 0.29) is 29.3 Å². The van der Waals surface area contributed by atoms with Crippen molar-refractivity contribution in [1.29, 1.82) is 0 Å². The number of nitrogens with zero attached hydrogens (tertiary/aromatic N) is 1. The van der Waals surface area contributed by atoms with Crippen LogP contribution < -0.4 is 5.32 Å². The van der Waals surface area contributed by atoms with Crippen LogP contribution in [0, 0.1) is 17.5 Å². The predicted octanol–water partition coefficient (Wildman–Crippen LogP) is 4.09. The summed E-state index contributed by atoms with van der Waals surface area (Å²) in [6, 6.07) is 8.98. The third-order valence-corrected chi connectivity index (χ3v) is 6.27. The zero-order valence-corrected chi connectivity index (χ0v) is 18.0. The fourth-order valence-electron chi connectivity index (χ4n) is 4.36. The molecule has 2 saturated heterocycles. The second kappa shape index (κ2) is 9.79. The number of likely N-dealkylation sites (tertiary alicyclic amines) is 1. The summed E-state index contributed by atoms with van der Waals surface area (Å²) in [5.41, 5.74) is 0.565. The highest BCUT2D eigenvalue weighted by atomic mass is 19.2. The first kappa shape index (κ1) is 23.0. The number of benzene rings is 2. The molecule has 2 aliphatic rings. The van der Waals surface area contributed by atoms with Gasteiger partial charge in [-0.3, -0.25) is 9.59 Å². The number of amides is 2. The molecule has 4 rings (SSSR count). The number of piperidine rings is 1. The van der Waals surface area contributed by atoms with Gasteiger partial charge in [-0.2, -0.15) is 0 Å². The van der Waals surface area contributed by atoms with Gasteiger partial charge in [0.1, 0.15) is 5.82 Å². The summed E-state index contributed by atoms with van der Waals surface area (Å²) in [5.74, 6) is -2.73. The number of nitrogens with one attached hydrogen (secondary N) is 1. The maximum Gasteiger partial charge on any atom is 0.253 e. The van der Waals surface area contributed by atoms with Crippen LogP contribution in [-0.2, 0) is 9.53 Å². The zero-order valence-electron chi connectivity index (χ0n) is 18.0. The summed E-state index contributed by atoms with van der Waals surface area (Å²) in [6.45, 7) is 1.47. The Bertz CT molecular complexity index is 1050. The monoisotopic (exact) mass is 458 g/mol. The summed E-state index contributed by atoms with van der Waals surface area (Å²) < 4.78 is 45.6. The fraction of sp³-hybridized carbons (Fsp3) is 0.360. The van der Waals surface area contributed by atoms with Crippen LogP contribution in [-0.4, -0.2) is 48.1 Å². The van der Waals surface area contributed by atoms with Crippen molar-refractivity contribution >= 4 is 17.9 Å². The average Bonchev–Trinajstić information content (AvgIpc) is 3.21. The van der Waals surface area contributed by atoms with Crippen molar-refractivity contribution in [2.24, 2.45) is 0 Å².